The van der Waals surface area contributed by atoms with Crippen LogP contribution < -0.4 is 0 Å². The summed E-state index contributed by atoms with van der Waals surface area (Å²) in [7, 11) is -1.95. The van der Waals surface area contributed by atoms with Gasteiger partial charge in [-0.3, -0.25) is 0 Å². The molecule has 0 aromatic heterocycles. The van der Waals surface area contributed by atoms with Crippen LogP contribution in [0.4, 0.5) is 0 Å². The van der Waals surface area contributed by atoms with Crippen molar-refractivity contribution in [3.63, 3.8) is 0 Å². The molecule has 0 fully saturated rings. The average Bonchev–Trinajstić information content (AvgIpc) is 2.48. The number of sulfonamides is 1. The Morgan fingerprint density at radius 1 is 1.05 bits per heavy atom. The van der Waals surface area contributed by atoms with Crippen molar-refractivity contribution in [3.05, 3.63) is 65.2 Å². The van der Waals surface area contributed by atoms with Crippen LogP contribution in [-0.4, -0.2) is 19.8 Å². The van der Waals surface area contributed by atoms with Crippen LogP contribution in [0.3, 0.4) is 0 Å². The van der Waals surface area contributed by atoms with Crippen LogP contribution in [-0.2, 0) is 16.6 Å². The SMILES string of the molecule is Cc1ccc(S(=O)(=O)N(C)Cc2ccc(C#N)cc2)cc1. The minimum atomic E-state index is -3.50. The summed E-state index contributed by atoms with van der Waals surface area (Å²) >= 11 is 0. The van der Waals surface area contributed by atoms with E-state index in [1.807, 2.05) is 13.0 Å². The lowest BCUT2D eigenvalue weighted by Crippen LogP contribution is -2.26. The number of hydrogen-bond donors (Lipinski definition) is 0. The van der Waals surface area contributed by atoms with E-state index in [0.29, 0.717) is 5.56 Å². The van der Waals surface area contributed by atoms with Gasteiger partial charge in [-0.1, -0.05) is 29.8 Å². The van der Waals surface area contributed by atoms with Gasteiger partial charge in [0, 0.05) is 13.6 Å². The van der Waals surface area contributed by atoms with Gasteiger partial charge >= 0.3 is 0 Å². The molecule has 0 aliphatic heterocycles. The molecule has 21 heavy (non-hydrogen) atoms. The van der Waals surface area contributed by atoms with Crippen LogP contribution in [0.2, 0.25) is 0 Å². The van der Waals surface area contributed by atoms with E-state index in [4.69, 9.17) is 5.26 Å². The van der Waals surface area contributed by atoms with Gasteiger partial charge in [-0.2, -0.15) is 9.57 Å². The normalized spacial score (nSPS) is 11.3. The van der Waals surface area contributed by atoms with E-state index in [1.54, 1.807) is 55.6 Å². The molecule has 0 aliphatic carbocycles. The van der Waals surface area contributed by atoms with Gasteiger partial charge in [-0.05, 0) is 36.8 Å². The molecule has 0 aliphatic rings. The number of nitrogens with zero attached hydrogens (tertiary/aromatic N) is 2. The van der Waals surface area contributed by atoms with Gasteiger partial charge in [0.15, 0.2) is 0 Å². The largest absolute Gasteiger partial charge is 0.243 e. The molecule has 2 aromatic carbocycles. The standard InChI is InChI=1S/C16H16N2O2S/c1-13-3-9-16(10-4-13)21(19,20)18(2)12-15-7-5-14(11-17)6-8-15/h3-10H,12H2,1-2H3. The molecule has 0 amide bonds. The Labute approximate surface area is 125 Å². The quantitative estimate of drug-likeness (QED) is 0.872. The molecule has 0 N–H and O–H groups in total. The molecular weight excluding hydrogens is 284 g/mol. The topological polar surface area (TPSA) is 61.2 Å². The first-order valence-electron chi connectivity index (χ1n) is 6.45. The second-order valence-corrected chi connectivity index (χ2v) is 6.93. The van der Waals surface area contributed by atoms with Crippen LogP contribution in [0.25, 0.3) is 0 Å². The summed E-state index contributed by atoms with van der Waals surface area (Å²) in [5, 5.41) is 8.75. The highest BCUT2D eigenvalue weighted by Crippen LogP contribution is 2.17. The predicted octanol–water partition coefficient (Wildman–Crippen LogP) is 2.69. The summed E-state index contributed by atoms with van der Waals surface area (Å²) in [4.78, 5) is 0.282. The van der Waals surface area contributed by atoms with E-state index < -0.39 is 10.0 Å². The third-order valence-electron chi connectivity index (χ3n) is 3.22. The lowest BCUT2D eigenvalue weighted by molar-refractivity contribution is 0.466. The van der Waals surface area contributed by atoms with Crippen molar-refractivity contribution < 1.29 is 8.42 Å². The van der Waals surface area contributed by atoms with E-state index in [0.717, 1.165) is 11.1 Å². The molecule has 0 unspecified atom stereocenters. The number of nitriles is 1. The fourth-order valence-electron chi connectivity index (χ4n) is 1.92. The zero-order chi connectivity index (χ0) is 15.5. The smallest absolute Gasteiger partial charge is 0.207 e. The Balaban J connectivity index is 2.20. The molecule has 108 valence electrons. The van der Waals surface area contributed by atoms with Gasteiger partial charge in [0.2, 0.25) is 10.0 Å². The maximum Gasteiger partial charge on any atom is 0.243 e. The molecule has 0 heterocycles. The molecule has 2 aromatic rings. The first kappa shape index (κ1) is 15.2. The second-order valence-electron chi connectivity index (χ2n) is 4.88. The maximum absolute atomic E-state index is 12.4. The maximum atomic E-state index is 12.4. The minimum absolute atomic E-state index is 0.266. The Bertz CT molecular complexity index is 757. The number of aryl methyl sites for hydroxylation is 1. The van der Waals surface area contributed by atoms with Crippen molar-refractivity contribution >= 4 is 10.0 Å². The predicted molar refractivity (Wildman–Crippen MR) is 81.0 cm³/mol. The van der Waals surface area contributed by atoms with E-state index >= 15 is 0 Å². The molecule has 0 spiro atoms. The van der Waals surface area contributed by atoms with Crippen LogP contribution in [0.5, 0.6) is 0 Å². The highest BCUT2D eigenvalue weighted by molar-refractivity contribution is 7.89. The van der Waals surface area contributed by atoms with Gasteiger partial charge in [0.05, 0.1) is 16.5 Å². The summed E-state index contributed by atoms with van der Waals surface area (Å²) in [5.74, 6) is 0. The van der Waals surface area contributed by atoms with Gasteiger partial charge in [0.1, 0.15) is 0 Å². The Morgan fingerprint density at radius 3 is 2.14 bits per heavy atom. The Hall–Kier alpha value is -2.16. The molecule has 0 saturated carbocycles. The third kappa shape index (κ3) is 3.48. The first-order valence-corrected chi connectivity index (χ1v) is 7.89. The second kappa shape index (κ2) is 6.08. The molecule has 2 rings (SSSR count). The van der Waals surface area contributed by atoms with E-state index in [-0.39, 0.29) is 11.4 Å². The number of rotatable bonds is 4. The first-order chi connectivity index (χ1) is 9.93. The van der Waals surface area contributed by atoms with Crippen molar-refractivity contribution in [2.45, 2.75) is 18.4 Å². The monoisotopic (exact) mass is 300 g/mol. The zero-order valence-corrected chi connectivity index (χ0v) is 12.8. The van der Waals surface area contributed by atoms with Crippen molar-refractivity contribution in [2.75, 3.05) is 7.05 Å². The summed E-state index contributed by atoms with van der Waals surface area (Å²) in [6.45, 7) is 2.18. The minimum Gasteiger partial charge on any atom is -0.207 e. The highest BCUT2D eigenvalue weighted by Gasteiger charge is 2.20. The molecule has 0 saturated heterocycles. The third-order valence-corrected chi connectivity index (χ3v) is 5.04. The molecule has 4 nitrogen and oxygen atoms in total. The average molecular weight is 300 g/mol. The van der Waals surface area contributed by atoms with E-state index in [2.05, 4.69) is 0 Å². The van der Waals surface area contributed by atoms with E-state index in [1.165, 1.54) is 4.31 Å². The fraction of sp³-hybridized carbons (Fsp3) is 0.188. The zero-order valence-electron chi connectivity index (χ0n) is 11.9. The van der Waals surface area contributed by atoms with Gasteiger partial charge in [-0.25, -0.2) is 8.42 Å². The van der Waals surface area contributed by atoms with Gasteiger partial charge in [0.25, 0.3) is 0 Å². The molecule has 5 heteroatoms. The van der Waals surface area contributed by atoms with Crippen LogP contribution >= 0.6 is 0 Å². The van der Waals surface area contributed by atoms with Gasteiger partial charge < -0.3 is 0 Å². The van der Waals surface area contributed by atoms with Crippen molar-refractivity contribution in [2.24, 2.45) is 0 Å². The summed E-state index contributed by atoms with van der Waals surface area (Å²) in [6, 6.07) is 15.7. The van der Waals surface area contributed by atoms with Crippen molar-refractivity contribution in [1.29, 1.82) is 5.26 Å². The number of hydrogen-bond acceptors (Lipinski definition) is 3. The fourth-order valence-corrected chi connectivity index (χ4v) is 3.08. The molecule has 0 bridgehead atoms. The number of benzene rings is 2. The molecule has 0 radical (unpaired) electrons. The molecule has 0 atom stereocenters. The highest BCUT2D eigenvalue weighted by atomic mass is 32.2. The molecular formula is C16H16N2O2S. The van der Waals surface area contributed by atoms with Gasteiger partial charge in [-0.15, -0.1) is 0 Å². The van der Waals surface area contributed by atoms with Crippen LogP contribution in [0.15, 0.2) is 53.4 Å². The lowest BCUT2D eigenvalue weighted by atomic mass is 10.1. The van der Waals surface area contributed by atoms with Crippen molar-refractivity contribution in [1.82, 2.24) is 4.31 Å². The summed E-state index contributed by atoms with van der Waals surface area (Å²) < 4.78 is 26.2. The van der Waals surface area contributed by atoms with E-state index in [9.17, 15) is 8.42 Å². The Kier molecular flexibility index (Phi) is 4.41. The van der Waals surface area contributed by atoms with Crippen molar-refractivity contribution in [3.8, 4) is 6.07 Å². The van der Waals surface area contributed by atoms with Crippen LogP contribution in [0, 0.1) is 18.3 Å². The lowest BCUT2D eigenvalue weighted by Gasteiger charge is -2.17. The Morgan fingerprint density at radius 2 is 1.62 bits per heavy atom. The van der Waals surface area contributed by atoms with Crippen LogP contribution in [0.1, 0.15) is 16.7 Å². The summed E-state index contributed by atoms with van der Waals surface area (Å²) in [6.07, 6.45) is 0. The summed E-state index contributed by atoms with van der Waals surface area (Å²) in [5.41, 5.74) is 2.42.